The van der Waals surface area contributed by atoms with E-state index in [4.69, 9.17) is 4.74 Å². The van der Waals surface area contributed by atoms with Crippen molar-refractivity contribution in [1.82, 2.24) is 10.3 Å². The summed E-state index contributed by atoms with van der Waals surface area (Å²) in [6, 6.07) is 11.8. The van der Waals surface area contributed by atoms with Gasteiger partial charge in [-0.15, -0.1) is 11.3 Å². The molecule has 0 saturated carbocycles. The number of alkyl halides is 3. The van der Waals surface area contributed by atoms with Crippen molar-refractivity contribution in [3.8, 4) is 0 Å². The molecule has 6 nitrogen and oxygen atoms in total. The Morgan fingerprint density at radius 3 is 2.53 bits per heavy atom. The second-order valence-corrected chi connectivity index (χ2v) is 9.77. The number of anilines is 1. The monoisotopic (exact) mass is 517 g/mol. The first-order valence-electron chi connectivity index (χ1n) is 11.5. The molecule has 0 unspecified atom stereocenters. The third kappa shape index (κ3) is 5.76. The number of amides is 2. The minimum absolute atomic E-state index is 0.0404. The van der Waals surface area contributed by atoms with Crippen LogP contribution in [-0.4, -0.2) is 36.1 Å². The second kappa shape index (κ2) is 10.8. The quantitative estimate of drug-likeness (QED) is 0.452. The van der Waals surface area contributed by atoms with Gasteiger partial charge in [0.2, 0.25) is 5.91 Å². The highest BCUT2D eigenvalue weighted by molar-refractivity contribution is 7.13. The van der Waals surface area contributed by atoms with Crippen LogP contribution in [0.2, 0.25) is 0 Å². The highest BCUT2D eigenvalue weighted by Crippen LogP contribution is 2.36. The molecule has 190 valence electrons. The summed E-state index contributed by atoms with van der Waals surface area (Å²) in [4.78, 5) is 33.3. The number of halogens is 3. The number of thiazole rings is 1. The van der Waals surface area contributed by atoms with Crippen molar-refractivity contribution < 1.29 is 27.5 Å². The summed E-state index contributed by atoms with van der Waals surface area (Å²) >= 11 is 1.14. The predicted molar refractivity (Wildman–Crippen MR) is 131 cm³/mol. The number of aromatic nitrogens is 1. The van der Waals surface area contributed by atoms with E-state index in [1.165, 1.54) is 12.1 Å². The number of rotatable bonds is 7. The summed E-state index contributed by atoms with van der Waals surface area (Å²) < 4.78 is 46.4. The lowest BCUT2D eigenvalue weighted by Crippen LogP contribution is -2.45. The number of ether oxygens (including phenoxy) is 1. The lowest BCUT2D eigenvalue weighted by molar-refractivity contribution is -0.137. The highest BCUT2D eigenvalue weighted by atomic mass is 32.1. The van der Waals surface area contributed by atoms with E-state index in [1.807, 2.05) is 0 Å². The van der Waals surface area contributed by atoms with Crippen LogP contribution in [-0.2, 0) is 15.7 Å². The first-order valence-corrected chi connectivity index (χ1v) is 12.4. The Kier molecular flexibility index (Phi) is 7.75. The lowest BCUT2D eigenvalue weighted by Gasteiger charge is -2.32. The van der Waals surface area contributed by atoms with Gasteiger partial charge in [0.05, 0.1) is 22.4 Å². The number of carbonyl (C=O) groups excluding carboxylic acids is 2. The molecule has 3 aromatic rings. The topological polar surface area (TPSA) is 71.5 Å². The second-order valence-electron chi connectivity index (χ2n) is 8.56. The fourth-order valence-corrected chi connectivity index (χ4v) is 5.08. The van der Waals surface area contributed by atoms with Gasteiger partial charge in [-0.1, -0.05) is 36.4 Å². The van der Waals surface area contributed by atoms with E-state index < -0.39 is 29.6 Å². The van der Waals surface area contributed by atoms with E-state index in [0.29, 0.717) is 22.9 Å². The molecule has 0 radical (unpaired) electrons. The average molecular weight is 518 g/mol. The minimum atomic E-state index is -4.62. The number of aryl methyl sites for hydroxylation is 2. The number of hydrogen-bond acceptors (Lipinski definition) is 5. The van der Waals surface area contributed by atoms with Gasteiger partial charge in [0.25, 0.3) is 5.91 Å². The number of nitrogens with zero attached hydrogens (tertiary/aromatic N) is 2. The van der Waals surface area contributed by atoms with Crippen molar-refractivity contribution in [3.05, 3.63) is 81.3 Å². The van der Waals surface area contributed by atoms with Crippen molar-refractivity contribution in [2.45, 2.75) is 45.0 Å². The van der Waals surface area contributed by atoms with Crippen LogP contribution in [0, 0.1) is 13.8 Å². The van der Waals surface area contributed by atoms with E-state index in [2.05, 4.69) is 10.3 Å². The van der Waals surface area contributed by atoms with Crippen molar-refractivity contribution >= 4 is 28.8 Å². The molecule has 1 saturated heterocycles. The van der Waals surface area contributed by atoms with Crippen LogP contribution >= 0.6 is 11.3 Å². The SMILES string of the molecule is Cc1nc(C)c(C(=O)N(c2cccc(C(F)(F)F)c2)[C@H](C(=O)NC[C@@H]2CCCO2)c2ccccc2)s1. The molecule has 0 aliphatic carbocycles. The summed E-state index contributed by atoms with van der Waals surface area (Å²) in [5, 5.41) is 3.49. The molecule has 1 fully saturated rings. The maximum absolute atomic E-state index is 13.9. The van der Waals surface area contributed by atoms with Crippen molar-refractivity contribution in [2.24, 2.45) is 0 Å². The van der Waals surface area contributed by atoms with Gasteiger partial charge in [-0.25, -0.2) is 4.98 Å². The Morgan fingerprint density at radius 1 is 1.17 bits per heavy atom. The molecule has 1 aliphatic rings. The van der Waals surface area contributed by atoms with E-state index >= 15 is 0 Å². The van der Waals surface area contributed by atoms with E-state index in [0.717, 1.165) is 41.2 Å². The summed E-state index contributed by atoms with van der Waals surface area (Å²) in [5.74, 6) is -1.11. The van der Waals surface area contributed by atoms with Crippen LogP contribution in [0.1, 0.15) is 50.4 Å². The molecule has 1 aromatic heterocycles. The largest absolute Gasteiger partial charge is 0.416 e. The minimum Gasteiger partial charge on any atom is -0.376 e. The molecule has 1 aliphatic heterocycles. The van der Waals surface area contributed by atoms with Crippen LogP contribution < -0.4 is 10.2 Å². The molecule has 0 spiro atoms. The van der Waals surface area contributed by atoms with Gasteiger partial charge in [-0.2, -0.15) is 13.2 Å². The van der Waals surface area contributed by atoms with Crippen molar-refractivity contribution in [3.63, 3.8) is 0 Å². The van der Waals surface area contributed by atoms with Crippen molar-refractivity contribution in [2.75, 3.05) is 18.1 Å². The molecule has 2 heterocycles. The van der Waals surface area contributed by atoms with Gasteiger partial charge in [0.1, 0.15) is 10.9 Å². The molecule has 1 N–H and O–H groups in total. The Balaban J connectivity index is 1.82. The van der Waals surface area contributed by atoms with Crippen LogP contribution in [0.25, 0.3) is 0 Å². The summed E-state index contributed by atoms with van der Waals surface area (Å²) in [6.45, 7) is 4.26. The van der Waals surface area contributed by atoms with Crippen LogP contribution in [0.4, 0.5) is 18.9 Å². The Hall–Kier alpha value is -3.24. The molecule has 0 bridgehead atoms. The van der Waals surface area contributed by atoms with E-state index in [1.54, 1.807) is 44.2 Å². The zero-order chi connectivity index (χ0) is 25.9. The van der Waals surface area contributed by atoms with E-state index in [-0.39, 0.29) is 23.2 Å². The van der Waals surface area contributed by atoms with Crippen molar-refractivity contribution in [1.29, 1.82) is 0 Å². The van der Waals surface area contributed by atoms with Gasteiger partial charge in [-0.3, -0.25) is 14.5 Å². The van der Waals surface area contributed by atoms with Gasteiger partial charge < -0.3 is 10.1 Å². The predicted octanol–water partition coefficient (Wildman–Crippen LogP) is 5.46. The fourth-order valence-electron chi connectivity index (χ4n) is 4.22. The highest BCUT2D eigenvalue weighted by Gasteiger charge is 2.37. The summed E-state index contributed by atoms with van der Waals surface area (Å²) in [7, 11) is 0. The Morgan fingerprint density at radius 2 is 1.92 bits per heavy atom. The Bertz CT molecular complexity index is 1220. The van der Waals surface area contributed by atoms with Gasteiger partial charge in [0.15, 0.2) is 0 Å². The van der Waals surface area contributed by atoms with Crippen LogP contribution in [0.3, 0.4) is 0 Å². The maximum atomic E-state index is 13.9. The maximum Gasteiger partial charge on any atom is 0.416 e. The smallest absolute Gasteiger partial charge is 0.376 e. The van der Waals surface area contributed by atoms with Crippen LogP contribution in [0.5, 0.6) is 0 Å². The molecule has 10 heteroatoms. The zero-order valence-electron chi connectivity index (χ0n) is 19.8. The third-order valence-electron chi connectivity index (χ3n) is 5.92. The van der Waals surface area contributed by atoms with Gasteiger partial charge in [-0.05, 0) is 50.5 Å². The molecule has 4 rings (SSSR count). The molecule has 2 amide bonds. The molecule has 36 heavy (non-hydrogen) atoms. The first kappa shape index (κ1) is 25.8. The fraction of sp³-hybridized carbons (Fsp3) is 0.346. The molecule has 2 aromatic carbocycles. The Labute approximate surface area is 211 Å². The summed E-state index contributed by atoms with van der Waals surface area (Å²) in [6.07, 6.45) is -3.08. The van der Waals surface area contributed by atoms with Gasteiger partial charge in [0, 0.05) is 18.8 Å². The van der Waals surface area contributed by atoms with Crippen LogP contribution in [0.15, 0.2) is 54.6 Å². The third-order valence-corrected chi connectivity index (χ3v) is 6.98. The molecular weight excluding hydrogens is 491 g/mol. The lowest BCUT2D eigenvalue weighted by atomic mass is 10.0. The number of benzene rings is 2. The van der Waals surface area contributed by atoms with Gasteiger partial charge >= 0.3 is 6.18 Å². The molecule has 2 atom stereocenters. The molecular formula is C26H26F3N3O3S. The number of nitrogens with one attached hydrogen (secondary N) is 1. The first-order chi connectivity index (χ1) is 17.1. The standard InChI is InChI=1S/C26H26F3N3O3S/c1-16-23(36-17(2)31-16)25(34)32(20-11-6-10-19(14-20)26(27,28)29)22(18-8-4-3-5-9-18)24(33)30-15-21-12-7-13-35-21/h3-6,8-11,14,21-22H,7,12-13,15H2,1-2H3,(H,30,33)/t21-,22-/m0/s1. The van der Waals surface area contributed by atoms with E-state index in [9.17, 15) is 22.8 Å². The summed E-state index contributed by atoms with van der Waals surface area (Å²) in [5.41, 5.74) is -0.0407. The number of carbonyl (C=O) groups is 2. The average Bonchev–Trinajstić information content (AvgIpc) is 3.49. The number of hydrogen-bond donors (Lipinski definition) is 1. The zero-order valence-corrected chi connectivity index (χ0v) is 20.7. The normalized spacial score (nSPS) is 16.5.